The van der Waals surface area contributed by atoms with Crippen LogP contribution in [0.1, 0.15) is 17.7 Å². The number of nitrogens with zero attached hydrogens (tertiary/aromatic N) is 2. The van der Waals surface area contributed by atoms with Gasteiger partial charge in [-0.25, -0.2) is 4.98 Å². The van der Waals surface area contributed by atoms with Gasteiger partial charge in [0.1, 0.15) is 0 Å². The molecule has 0 atom stereocenters. The number of ether oxygens (including phenoxy) is 1. The first-order valence-electron chi connectivity index (χ1n) is 8.52. The van der Waals surface area contributed by atoms with Crippen molar-refractivity contribution >= 4 is 23.2 Å². The lowest BCUT2D eigenvalue weighted by molar-refractivity contribution is -0.141. The number of carbonyl (C=O) groups excluding carboxylic acids is 2. The van der Waals surface area contributed by atoms with Gasteiger partial charge in [0.2, 0.25) is 5.91 Å². The molecule has 0 saturated heterocycles. The minimum atomic E-state index is -0.338. The maximum atomic E-state index is 12.8. The van der Waals surface area contributed by atoms with Crippen molar-refractivity contribution in [3.05, 3.63) is 65.4 Å². The number of rotatable bonds is 8. The maximum Gasteiger partial charge on any atom is 0.307 e. The van der Waals surface area contributed by atoms with E-state index in [0.717, 1.165) is 10.6 Å². The van der Waals surface area contributed by atoms with Gasteiger partial charge in [0.15, 0.2) is 10.8 Å². The number of thiazole rings is 1. The molecule has 0 spiro atoms. The summed E-state index contributed by atoms with van der Waals surface area (Å²) in [5.74, 6) is 0.263. The predicted octanol–water partition coefficient (Wildman–Crippen LogP) is 3.54. The Hall–Kier alpha value is -2.93. The molecule has 140 valence electrons. The second-order valence-electron chi connectivity index (χ2n) is 5.93. The van der Waals surface area contributed by atoms with Crippen LogP contribution in [-0.2, 0) is 27.3 Å². The van der Waals surface area contributed by atoms with Crippen LogP contribution in [0.5, 0.6) is 0 Å². The second kappa shape index (κ2) is 9.14. The molecule has 0 unspecified atom stereocenters. The molecule has 0 saturated carbocycles. The lowest BCUT2D eigenvalue weighted by atomic mass is 10.2. The fourth-order valence-electron chi connectivity index (χ4n) is 2.59. The van der Waals surface area contributed by atoms with E-state index in [9.17, 15) is 9.59 Å². The van der Waals surface area contributed by atoms with Gasteiger partial charge in [-0.3, -0.25) is 9.59 Å². The Balaban J connectivity index is 1.68. The molecule has 0 aliphatic carbocycles. The number of aromatic nitrogens is 1. The van der Waals surface area contributed by atoms with E-state index in [1.54, 1.807) is 17.2 Å². The Morgan fingerprint density at radius 2 is 2.00 bits per heavy atom. The first kappa shape index (κ1) is 18.8. The lowest BCUT2D eigenvalue weighted by Crippen LogP contribution is -2.34. The van der Waals surface area contributed by atoms with Gasteiger partial charge in [-0.1, -0.05) is 30.3 Å². The van der Waals surface area contributed by atoms with Crippen LogP contribution in [-0.4, -0.2) is 35.4 Å². The summed E-state index contributed by atoms with van der Waals surface area (Å²) in [6, 6.07) is 13.3. The standard InChI is InChI=1S/C20H20N2O4S/c1-25-19(24)9-10-22(13-15-6-3-2-4-7-15)18(23)12-16-14-27-20(21-16)17-8-5-11-26-17/h2-8,11,14H,9-10,12-13H2,1H3. The predicted molar refractivity (Wildman–Crippen MR) is 102 cm³/mol. The van der Waals surface area contributed by atoms with Gasteiger partial charge in [-0.05, 0) is 17.7 Å². The summed E-state index contributed by atoms with van der Waals surface area (Å²) in [6.45, 7) is 0.738. The van der Waals surface area contributed by atoms with Gasteiger partial charge in [0.25, 0.3) is 0 Å². The van der Waals surface area contributed by atoms with Crippen molar-refractivity contribution in [2.75, 3.05) is 13.7 Å². The number of furan rings is 1. The molecule has 3 rings (SSSR count). The summed E-state index contributed by atoms with van der Waals surface area (Å²) in [7, 11) is 1.34. The topological polar surface area (TPSA) is 72.6 Å². The molecular formula is C20H20N2O4S. The molecular weight excluding hydrogens is 364 g/mol. The van der Waals surface area contributed by atoms with Crippen LogP contribution in [0.25, 0.3) is 10.8 Å². The third-order valence-corrected chi connectivity index (χ3v) is 4.90. The highest BCUT2D eigenvalue weighted by Gasteiger charge is 2.18. The van der Waals surface area contributed by atoms with Crippen LogP contribution in [0.3, 0.4) is 0 Å². The number of carbonyl (C=O) groups is 2. The summed E-state index contributed by atoms with van der Waals surface area (Å²) in [5.41, 5.74) is 1.69. The van der Waals surface area contributed by atoms with E-state index in [0.29, 0.717) is 24.5 Å². The number of methoxy groups -OCH3 is 1. The molecule has 2 aromatic heterocycles. The minimum absolute atomic E-state index is 0.0842. The van der Waals surface area contributed by atoms with Crippen molar-refractivity contribution in [1.29, 1.82) is 0 Å². The van der Waals surface area contributed by atoms with E-state index < -0.39 is 0 Å². The maximum absolute atomic E-state index is 12.8. The van der Waals surface area contributed by atoms with Crippen LogP contribution < -0.4 is 0 Å². The summed E-state index contributed by atoms with van der Waals surface area (Å²) in [5, 5.41) is 2.60. The Morgan fingerprint density at radius 1 is 1.19 bits per heavy atom. The number of benzene rings is 1. The van der Waals surface area contributed by atoms with E-state index in [-0.39, 0.29) is 24.7 Å². The van der Waals surface area contributed by atoms with Crippen molar-refractivity contribution in [1.82, 2.24) is 9.88 Å². The molecule has 6 nitrogen and oxygen atoms in total. The smallest absolute Gasteiger partial charge is 0.307 e. The monoisotopic (exact) mass is 384 g/mol. The van der Waals surface area contributed by atoms with E-state index in [2.05, 4.69) is 4.98 Å². The molecule has 0 bridgehead atoms. The number of esters is 1. The average Bonchev–Trinajstić information content (AvgIpc) is 3.37. The van der Waals surface area contributed by atoms with Gasteiger partial charge in [0, 0.05) is 18.5 Å². The molecule has 0 N–H and O–H groups in total. The van der Waals surface area contributed by atoms with Gasteiger partial charge >= 0.3 is 5.97 Å². The highest BCUT2D eigenvalue weighted by atomic mass is 32.1. The number of amides is 1. The quantitative estimate of drug-likeness (QED) is 0.556. The van der Waals surface area contributed by atoms with Gasteiger partial charge in [-0.15, -0.1) is 11.3 Å². The molecule has 0 radical (unpaired) electrons. The summed E-state index contributed by atoms with van der Waals surface area (Å²) >= 11 is 1.44. The van der Waals surface area contributed by atoms with Crippen LogP contribution in [0.2, 0.25) is 0 Å². The van der Waals surface area contributed by atoms with Crippen molar-refractivity contribution < 1.29 is 18.7 Å². The highest BCUT2D eigenvalue weighted by molar-refractivity contribution is 7.13. The minimum Gasteiger partial charge on any atom is -0.469 e. The molecule has 0 fully saturated rings. The molecule has 27 heavy (non-hydrogen) atoms. The van der Waals surface area contributed by atoms with Gasteiger partial charge in [-0.2, -0.15) is 0 Å². The van der Waals surface area contributed by atoms with E-state index in [1.165, 1.54) is 18.4 Å². The fourth-order valence-corrected chi connectivity index (χ4v) is 3.38. The third-order valence-electron chi connectivity index (χ3n) is 4.00. The van der Waals surface area contributed by atoms with Crippen molar-refractivity contribution in [3.8, 4) is 10.8 Å². The van der Waals surface area contributed by atoms with Gasteiger partial charge in [0.05, 0.1) is 31.9 Å². The lowest BCUT2D eigenvalue weighted by Gasteiger charge is -2.22. The fraction of sp³-hybridized carbons (Fsp3) is 0.250. The Kier molecular flexibility index (Phi) is 6.38. The van der Waals surface area contributed by atoms with Crippen LogP contribution >= 0.6 is 11.3 Å². The van der Waals surface area contributed by atoms with E-state index in [1.807, 2.05) is 41.8 Å². The highest BCUT2D eigenvalue weighted by Crippen LogP contribution is 2.24. The molecule has 1 amide bonds. The Labute approximate surface area is 161 Å². The average molecular weight is 384 g/mol. The molecule has 2 heterocycles. The zero-order chi connectivity index (χ0) is 19.1. The van der Waals surface area contributed by atoms with Crippen molar-refractivity contribution in [2.45, 2.75) is 19.4 Å². The second-order valence-corrected chi connectivity index (χ2v) is 6.78. The molecule has 0 aliphatic heterocycles. The summed E-state index contributed by atoms with van der Waals surface area (Å²) in [4.78, 5) is 30.5. The SMILES string of the molecule is COC(=O)CCN(Cc1ccccc1)C(=O)Cc1csc(-c2ccco2)n1. The Morgan fingerprint density at radius 3 is 2.70 bits per heavy atom. The largest absolute Gasteiger partial charge is 0.469 e. The van der Waals surface area contributed by atoms with Crippen LogP contribution in [0.4, 0.5) is 0 Å². The third kappa shape index (κ3) is 5.27. The molecule has 0 aliphatic rings. The van der Waals surface area contributed by atoms with Crippen LogP contribution in [0.15, 0.2) is 58.5 Å². The van der Waals surface area contributed by atoms with Crippen molar-refractivity contribution in [3.63, 3.8) is 0 Å². The van der Waals surface area contributed by atoms with E-state index >= 15 is 0 Å². The molecule has 7 heteroatoms. The van der Waals surface area contributed by atoms with Gasteiger partial charge < -0.3 is 14.1 Å². The molecule has 3 aromatic rings. The molecule has 1 aromatic carbocycles. The number of hydrogen-bond donors (Lipinski definition) is 0. The van der Waals surface area contributed by atoms with E-state index in [4.69, 9.17) is 9.15 Å². The summed E-state index contributed by atoms with van der Waals surface area (Å²) < 4.78 is 10.0. The van der Waals surface area contributed by atoms with Crippen molar-refractivity contribution in [2.24, 2.45) is 0 Å². The Bertz CT molecular complexity index is 875. The zero-order valence-corrected chi connectivity index (χ0v) is 15.8. The van der Waals surface area contributed by atoms with Crippen LogP contribution in [0, 0.1) is 0 Å². The summed E-state index contributed by atoms with van der Waals surface area (Å²) in [6.07, 6.45) is 1.92. The normalized spacial score (nSPS) is 10.6. The zero-order valence-electron chi connectivity index (χ0n) is 15.0. The first-order valence-corrected chi connectivity index (χ1v) is 9.40. The first-order chi connectivity index (χ1) is 13.2. The number of hydrogen-bond acceptors (Lipinski definition) is 6.